The molecule has 2 atom stereocenters. The number of thioether (sulfide) groups is 1. The van der Waals surface area contributed by atoms with Crippen LogP contribution in [0.2, 0.25) is 0 Å². The second-order valence-corrected chi connectivity index (χ2v) is 13.3. The number of nitrogens with zero attached hydrogens (tertiary/aromatic N) is 1. The van der Waals surface area contributed by atoms with E-state index in [1.165, 1.54) is 36.9 Å². The van der Waals surface area contributed by atoms with E-state index in [2.05, 4.69) is 20.9 Å². The van der Waals surface area contributed by atoms with Crippen molar-refractivity contribution in [2.45, 2.75) is 84.2 Å². The number of cyclic esters (lactones) is 1. The van der Waals surface area contributed by atoms with E-state index in [0.717, 1.165) is 4.90 Å². The van der Waals surface area contributed by atoms with Crippen molar-refractivity contribution in [2.75, 3.05) is 19.8 Å². The molecule has 0 saturated carbocycles. The molecule has 0 saturated heterocycles. The Hall–Kier alpha value is -2.77. The molecule has 0 spiro atoms. The molecule has 0 aliphatic carbocycles. The van der Waals surface area contributed by atoms with E-state index >= 15 is 0 Å². The molecule has 2 rings (SSSR count). The number of quaternary nitrogens is 1. The third-order valence-electron chi connectivity index (χ3n) is 6.70. The van der Waals surface area contributed by atoms with Crippen molar-refractivity contribution in [1.82, 2.24) is 20.9 Å². The smallest absolute Gasteiger partial charge is 0.329 e. The van der Waals surface area contributed by atoms with Gasteiger partial charge in [-0.05, 0) is 46.1 Å². The van der Waals surface area contributed by atoms with Crippen LogP contribution in [-0.4, -0.2) is 76.9 Å². The molecule has 0 aromatic carbocycles. The summed E-state index contributed by atoms with van der Waals surface area (Å²) in [4.78, 5) is 69.5. The van der Waals surface area contributed by atoms with Crippen LogP contribution in [0.3, 0.4) is 0 Å². The van der Waals surface area contributed by atoms with Crippen molar-refractivity contribution in [3.8, 4) is 0 Å². The predicted octanol–water partition coefficient (Wildman–Crippen LogP) is 1.30. The van der Waals surface area contributed by atoms with Gasteiger partial charge in [-0.1, -0.05) is 31.7 Å². The summed E-state index contributed by atoms with van der Waals surface area (Å²) in [6, 6.07) is -1.01. The molecule has 4 N–H and O–H groups in total. The fraction of sp³-hybridized carbons (Fsp3) is 0.607. The zero-order valence-corrected chi connectivity index (χ0v) is 27.1. The van der Waals surface area contributed by atoms with Gasteiger partial charge >= 0.3 is 5.97 Å². The molecule has 13 heteroatoms. The zero-order valence-electron chi connectivity index (χ0n) is 25.5. The second kappa shape index (κ2) is 15.5. The van der Waals surface area contributed by atoms with Crippen molar-refractivity contribution in [3.05, 3.63) is 35.7 Å². The molecule has 1 aromatic heterocycles. The van der Waals surface area contributed by atoms with Crippen molar-refractivity contribution in [2.24, 2.45) is 5.92 Å². The maximum atomic E-state index is 13.2. The zero-order chi connectivity index (χ0) is 30.3. The molecular formula is C28H45N5O6S2. The van der Waals surface area contributed by atoms with Crippen LogP contribution >= 0.6 is 23.1 Å². The SMILES string of the molecule is CC(C)[C@@H]1NC(=O)C(C)(C)NC(=O)c2csc(n2)CNC(=O)CC(/C=C/CCSC(=O)C(C)(C)[NH+](C)C)OC1=O.[CH3-]. The van der Waals surface area contributed by atoms with Crippen LogP contribution in [0.25, 0.3) is 0 Å². The lowest BCUT2D eigenvalue weighted by molar-refractivity contribution is -0.898. The summed E-state index contributed by atoms with van der Waals surface area (Å²) in [6.45, 7) is 10.5. The van der Waals surface area contributed by atoms with Crippen LogP contribution in [0.5, 0.6) is 0 Å². The third kappa shape index (κ3) is 10.5. The summed E-state index contributed by atoms with van der Waals surface area (Å²) >= 11 is 2.45. The van der Waals surface area contributed by atoms with E-state index in [-0.39, 0.29) is 43.0 Å². The van der Waals surface area contributed by atoms with E-state index in [4.69, 9.17) is 4.74 Å². The maximum absolute atomic E-state index is 13.2. The molecule has 0 radical (unpaired) electrons. The van der Waals surface area contributed by atoms with E-state index in [1.807, 2.05) is 27.9 Å². The number of thiazole rings is 1. The van der Waals surface area contributed by atoms with Crippen LogP contribution in [0, 0.1) is 13.3 Å². The largest absolute Gasteiger partial charge is 0.456 e. The topological polar surface area (TPSA) is 148 Å². The quantitative estimate of drug-likeness (QED) is 0.156. The fourth-order valence-electron chi connectivity index (χ4n) is 3.37. The first-order chi connectivity index (χ1) is 18.5. The number of nitrogens with one attached hydrogen (secondary N) is 4. The monoisotopic (exact) mass is 611 g/mol. The number of ether oxygens (including phenoxy) is 1. The van der Waals surface area contributed by atoms with Crippen molar-refractivity contribution >= 4 is 51.9 Å². The van der Waals surface area contributed by atoms with Crippen LogP contribution in [0.15, 0.2) is 17.5 Å². The maximum Gasteiger partial charge on any atom is 0.329 e. The molecule has 2 heterocycles. The van der Waals surface area contributed by atoms with Gasteiger partial charge in [-0.25, -0.2) is 9.78 Å². The lowest BCUT2D eigenvalue weighted by Crippen LogP contribution is -3.15. The Morgan fingerprint density at radius 2 is 1.93 bits per heavy atom. The van der Waals surface area contributed by atoms with Gasteiger partial charge in [-0.3, -0.25) is 19.2 Å². The Labute approximate surface area is 251 Å². The number of hydrogen-bond acceptors (Lipinski definition) is 9. The van der Waals surface area contributed by atoms with Gasteiger partial charge in [0.05, 0.1) is 27.1 Å². The van der Waals surface area contributed by atoms with Crippen molar-refractivity contribution in [1.29, 1.82) is 0 Å². The summed E-state index contributed by atoms with van der Waals surface area (Å²) in [6.07, 6.45) is 2.92. The molecule has 0 fully saturated rings. The average molecular weight is 612 g/mol. The number of fused-ring (bicyclic) bond motifs is 2. The van der Waals surface area contributed by atoms with Gasteiger partial charge in [0.1, 0.15) is 28.4 Å². The van der Waals surface area contributed by atoms with Gasteiger partial charge in [0.25, 0.3) is 5.91 Å². The van der Waals surface area contributed by atoms with E-state index < -0.39 is 41.0 Å². The molecular weight excluding hydrogens is 566 g/mol. The number of likely N-dealkylation sites (N-methyl/N-ethyl adjacent to an activating group) is 1. The minimum atomic E-state index is -1.34. The minimum absolute atomic E-state index is 0. The summed E-state index contributed by atoms with van der Waals surface area (Å²) in [5.74, 6) is -1.96. The highest BCUT2D eigenvalue weighted by molar-refractivity contribution is 8.13. The molecule has 1 unspecified atom stereocenters. The Bertz CT molecular complexity index is 1130. The van der Waals surface area contributed by atoms with E-state index in [0.29, 0.717) is 17.2 Å². The summed E-state index contributed by atoms with van der Waals surface area (Å²) in [5.41, 5.74) is -1.72. The van der Waals surface area contributed by atoms with Crippen LogP contribution in [0.4, 0.5) is 0 Å². The lowest BCUT2D eigenvalue weighted by atomic mass is 9.99. The molecule has 2 bridgehead atoms. The highest BCUT2D eigenvalue weighted by Gasteiger charge is 2.36. The van der Waals surface area contributed by atoms with Gasteiger partial charge in [0, 0.05) is 11.1 Å². The number of amides is 3. The normalized spacial score (nSPS) is 20.7. The molecule has 11 nitrogen and oxygen atoms in total. The molecule has 41 heavy (non-hydrogen) atoms. The van der Waals surface area contributed by atoms with Crippen LogP contribution in [-0.2, 0) is 30.5 Å². The number of carbonyl (C=O) groups excluding carboxylic acids is 5. The van der Waals surface area contributed by atoms with Gasteiger partial charge in [-0.2, -0.15) is 0 Å². The Kier molecular flexibility index (Phi) is 13.7. The molecule has 3 amide bonds. The number of carbonyl (C=O) groups is 5. The number of aromatic nitrogens is 1. The predicted molar refractivity (Wildman–Crippen MR) is 161 cm³/mol. The fourth-order valence-corrected chi connectivity index (χ4v) is 5.09. The average Bonchev–Trinajstić information content (AvgIpc) is 3.33. The number of rotatable bonds is 7. The Morgan fingerprint density at radius 3 is 2.54 bits per heavy atom. The molecule has 1 aliphatic rings. The highest BCUT2D eigenvalue weighted by atomic mass is 32.2. The van der Waals surface area contributed by atoms with Gasteiger partial charge in [-0.15, -0.1) is 11.3 Å². The highest BCUT2D eigenvalue weighted by Crippen LogP contribution is 2.16. The van der Waals surface area contributed by atoms with Gasteiger partial charge < -0.3 is 33.0 Å². The first kappa shape index (κ1) is 36.3. The van der Waals surface area contributed by atoms with Crippen LogP contribution < -0.4 is 20.9 Å². The second-order valence-electron chi connectivity index (χ2n) is 11.3. The Morgan fingerprint density at radius 1 is 1.27 bits per heavy atom. The summed E-state index contributed by atoms with van der Waals surface area (Å²) < 4.78 is 5.70. The summed E-state index contributed by atoms with van der Waals surface area (Å²) in [7, 11) is 3.87. The van der Waals surface area contributed by atoms with Gasteiger partial charge in [0.2, 0.25) is 16.9 Å². The Balaban J connectivity index is 0.00000840. The lowest BCUT2D eigenvalue weighted by Gasteiger charge is -2.29. The minimum Gasteiger partial charge on any atom is -0.456 e. The van der Waals surface area contributed by atoms with Crippen molar-refractivity contribution in [3.63, 3.8) is 0 Å². The van der Waals surface area contributed by atoms with E-state index in [1.54, 1.807) is 31.4 Å². The first-order valence-corrected chi connectivity index (χ1v) is 15.1. The molecule has 230 valence electrons. The first-order valence-electron chi connectivity index (χ1n) is 13.2. The third-order valence-corrected chi connectivity index (χ3v) is 8.77. The van der Waals surface area contributed by atoms with E-state index in [9.17, 15) is 24.0 Å². The van der Waals surface area contributed by atoms with Crippen molar-refractivity contribution < 1.29 is 33.6 Å². The molecule has 1 aromatic rings. The van der Waals surface area contributed by atoms with Gasteiger partial charge in [0.15, 0.2) is 5.54 Å². The standard InChI is InChI=1S/C27H41N5O6S2.CH3/c1-16(2)21-23(35)38-17(11-9-10-12-39-25(37)27(5,6)32(7)8)13-19(33)28-14-20-29-18(15-40-20)22(34)31-26(3,4)24(36)30-21;/h9,11,15-17,21H,10,12-14H2,1-8H3,(H,28,33)(H,30,36)(H,31,34);1H3/q;-1/p+1/b11-9+;/t17?,21-;/m0./s1. The number of hydrogen-bond donors (Lipinski definition) is 4. The number of esters is 1. The number of allylic oxidation sites excluding steroid dienone is 1. The molecule has 1 aliphatic heterocycles. The summed E-state index contributed by atoms with van der Waals surface area (Å²) in [5, 5.41) is 10.2. The van der Waals surface area contributed by atoms with Crippen LogP contribution in [0.1, 0.15) is 69.9 Å².